The highest BCUT2D eigenvalue weighted by Crippen LogP contribution is 2.22. The molecule has 0 fully saturated rings. The van der Waals surface area contributed by atoms with Crippen LogP contribution in [0.3, 0.4) is 0 Å². The fourth-order valence-corrected chi connectivity index (χ4v) is 1.05. The predicted octanol–water partition coefficient (Wildman–Crippen LogP) is 1.71. The summed E-state index contributed by atoms with van der Waals surface area (Å²) in [5.74, 6) is 1.42. The van der Waals surface area contributed by atoms with Crippen molar-refractivity contribution in [2.24, 2.45) is 0 Å². The number of nitrogens with two attached hydrogens (primary N) is 1. The lowest BCUT2D eigenvalue weighted by molar-refractivity contribution is 0.416. The lowest BCUT2D eigenvalue weighted by Crippen LogP contribution is -1.92. The van der Waals surface area contributed by atoms with Crippen LogP contribution in [0.25, 0.3) is 0 Å². The largest absolute Gasteiger partial charge is 0.495 e. The Hall–Kier alpha value is -0.830. The van der Waals surface area contributed by atoms with E-state index in [1.54, 1.807) is 7.11 Å². The van der Waals surface area contributed by atoms with Crippen LogP contribution in [0, 0.1) is 0 Å². The molecule has 1 aromatic rings. The molecule has 0 bridgehead atoms. The molecule has 0 radical (unpaired) electrons. The first-order valence-electron chi connectivity index (χ1n) is 3.31. The predicted molar refractivity (Wildman–Crippen MR) is 50.1 cm³/mol. The molecular weight excluding hydrogens is 158 g/mol. The normalized spacial score (nSPS) is 9.64. The minimum Gasteiger partial charge on any atom is -0.495 e. The molecule has 0 spiro atoms. The van der Waals surface area contributed by atoms with Gasteiger partial charge in [0.1, 0.15) is 5.75 Å². The van der Waals surface area contributed by atoms with Gasteiger partial charge in [-0.25, -0.2) is 0 Å². The summed E-state index contributed by atoms with van der Waals surface area (Å²) in [4.78, 5) is 0. The first-order chi connectivity index (χ1) is 5.27. The molecule has 0 aliphatic rings. The van der Waals surface area contributed by atoms with E-state index >= 15 is 0 Å². The molecule has 0 amide bonds. The standard InChI is InChI=1S/C8H11NOS/c1-10-8-4-6(5-11)2-3-7(8)9/h2-4,11H,5,9H2,1H3. The molecular formula is C8H11NOS. The monoisotopic (exact) mass is 169 g/mol. The quantitative estimate of drug-likeness (QED) is 0.522. The Morgan fingerprint density at radius 2 is 2.27 bits per heavy atom. The first kappa shape index (κ1) is 8.27. The van der Waals surface area contributed by atoms with E-state index in [0.717, 1.165) is 11.3 Å². The van der Waals surface area contributed by atoms with Gasteiger partial charge in [-0.15, -0.1) is 0 Å². The number of hydrogen-bond donors (Lipinski definition) is 2. The van der Waals surface area contributed by atoms with Crippen LogP contribution >= 0.6 is 12.6 Å². The van der Waals surface area contributed by atoms with E-state index < -0.39 is 0 Å². The van der Waals surface area contributed by atoms with Gasteiger partial charge in [0, 0.05) is 5.75 Å². The highest BCUT2D eigenvalue weighted by Gasteiger charge is 1.98. The molecule has 0 aliphatic heterocycles. The summed E-state index contributed by atoms with van der Waals surface area (Å²) in [7, 11) is 1.61. The first-order valence-corrected chi connectivity index (χ1v) is 3.94. The van der Waals surface area contributed by atoms with Crippen molar-refractivity contribution in [3.63, 3.8) is 0 Å². The van der Waals surface area contributed by atoms with Gasteiger partial charge in [-0.2, -0.15) is 12.6 Å². The molecule has 2 nitrogen and oxygen atoms in total. The zero-order valence-corrected chi connectivity index (χ0v) is 7.27. The number of rotatable bonds is 2. The lowest BCUT2D eigenvalue weighted by atomic mass is 10.2. The van der Waals surface area contributed by atoms with Crippen LogP contribution in [0.15, 0.2) is 18.2 Å². The van der Waals surface area contributed by atoms with Gasteiger partial charge in [-0.3, -0.25) is 0 Å². The number of benzene rings is 1. The summed E-state index contributed by atoms with van der Waals surface area (Å²) in [6, 6.07) is 5.65. The van der Waals surface area contributed by atoms with E-state index in [9.17, 15) is 0 Å². The van der Waals surface area contributed by atoms with E-state index in [-0.39, 0.29) is 0 Å². The van der Waals surface area contributed by atoms with Crippen molar-refractivity contribution in [1.82, 2.24) is 0 Å². The molecule has 1 rings (SSSR count). The molecule has 0 heterocycles. The Labute approximate surface area is 71.8 Å². The van der Waals surface area contributed by atoms with Crippen molar-refractivity contribution in [1.29, 1.82) is 0 Å². The summed E-state index contributed by atoms with van der Waals surface area (Å²) in [6.07, 6.45) is 0. The van der Waals surface area contributed by atoms with Gasteiger partial charge < -0.3 is 10.5 Å². The van der Waals surface area contributed by atoms with Gasteiger partial charge >= 0.3 is 0 Å². The Bertz CT molecular complexity index is 250. The zero-order chi connectivity index (χ0) is 8.27. The second kappa shape index (κ2) is 3.53. The van der Waals surface area contributed by atoms with Crippen LogP contribution in [0.5, 0.6) is 5.75 Å². The molecule has 0 saturated carbocycles. The third kappa shape index (κ3) is 1.80. The molecule has 0 aromatic heterocycles. The zero-order valence-electron chi connectivity index (χ0n) is 6.37. The smallest absolute Gasteiger partial charge is 0.142 e. The third-order valence-corrected chi connectivity index (χ3v) is 1.85. The summed E-state index contributed by atoms with van der Waals surface area (Å²) >= 11 is 4.13. The minimum absolute atomic E-state index is 0.665. The number of thiol groups is 1. The molecule has 3 heteroatoms. The fourth-order valence-electron chi connectivity index (χ4n) is 0.854. The maximum atomic E-state index is 5.60. The number of methoxy groups -OCH3 is 1. The molecule has 0 saturated heterocycles. The lowest BCUT2D eigenvalue weighted by Gasteiger charge is -2.04. The molecule has 0 atom stereocenters. The van der Waals surface area contributed by atoms with E-state index in [2.05, 4.69) is 12.6 Å². The van der Waals surface area contributed by atoms with Crippen molar-refractivity contribution in [2.45, 2.75) is 5.75 Å². The molecule has 0 unspecified atom stereocenters. The Morgan fingerprint density at radius 3 is 2.82 bits per heavy atom. The highest BCUT2D eigenvalue weighted by molar-refractivity contribution is 7.79. The second-order valence-corrected chi connectivity index (χ2v) is 2.55. The summed E-state index contributed by atoms with van der Waals surface area (Å²) in [6.45, 7) is 0. The van der Waals surface area contributed by atoms with Gasteiger partial charge in [-0.05, 0) is 17.7 Å². The topological polar surface area (TPSA) is 35.2 Å². The van der Waals surface area contributed by atoms with Crippen LogP contribution in [-0.4, -0.2) is 7.11 Å². The van der Waals surface area contributed by atoms with Crippen molar-refractivity contribution in [3.05, 3.63) is 23.8 Å². The highest BCUT2D eigenvalue weighted by atomic mass is 32.1. The van der Waals surface area contributed by atoms with Gasteiger partial charge in [0.25, 0.3) is 0 Å². The number of anilines is 1. The van der Waals surface area contributed by atoms with Gasteiger partial charge in [0.05, 0.1) is 12.8 Å². The van der Waals surface area contributed by atoms with Crippen molar-refractivity contribution in [2.75, 3.05) is 12.8 Å². The fraction of sp³-hybridized carbons (Fsp3) is 0.250. The molecule has 0 aliphatic carbocycles. The molecule has 2 N–H and O–H groups in total. The average Bonchev–Trinajstić information content (AvgIpc) is 2.05. The van der Waals surface area contributed by atoms with Crippen molar-refractivity contribution < 1.29 is 4.74 Å². The van der Waals surface area contributed by atoms with Gasteiger partial charge in [0.2, 0.25) is 0 Å². The van der Waals surface area contributed by atoms with E-state index in [4.69, 9.17) is 10.5 Å². The van der Waals surface area contributed by atoms with Crippen LogP contribution in [0.1, 0.15) is 5.56 Å². The van der Waals surface area contributed by atoms with Crippen LogP contribution in [0.2, 0.25) is 0 Å². The summed E-state index contributed by atoms with van der Waals surface area (Å²) in [5.41, 5.74) is 7.38. The van der Waals surface area contributed by atoms with Gasteiger partial charge in [-0.1, -0.05) is 6.07 Å². The second-order valence-electron chi connectivity index (χ2n) is 2.23. The number of hydrogen-bond acceptors (Lipinski definition) is 3. The maximum Gasteiger partial charge on any atom is 0.142 e. The number of nitrogen functional groups attached to an aromatic ring is 1. The van der Waals surface area contributed by atoms with Crippen LogP contribution in [0.4, 0.5) is 5.69 Å². The third-order valence-electron chi connectivity index (χ3n) is 1.48. The van der Waals surface area contributed by atoms with E-state index in [1.165, 1.54) is 0 Å². The molecule has 60 valence electrons. The van der Waals surface area contributed by atoms with Crippen LogP contribution in [-0.2, 0) is 5.75 Å². The Morgan fingerprint density at radius 1 is 1.55 bits per heavy atom. The summed E-state index contributed by atoms with van der Waals surface area (Å²) < 4.78 is 5.03. The van der Waals surface area contributed by atoms with Crippen molar-refractivity contribution >= 4 is 18.3 Å². The Kier molecular flexibility index (Phi) is 2.65. The van der Waals surface area contributed by atoms with E-state index in [1.807, 2.05) is 18.2 Å². The van der Waals surface area contributed by atoms with E-state index in [0.29, 0.717) is 11.4 Å². The van der Waals surface area contributed by atoms with Crippen LogP contribution < -0.4 is 10.5 Å². The van der Waals surface area contributed by atoms with Gasteiger partial charge in [0.15, 0.2) is 0 Å². The maximum absolute atomic E-state index is 5.60. The number of ether oxygens (including phenoxy) is 1. The molecule has 1 aromatic carbocycles. The molecule has 11 heavy (non-hydrogen) atoms. The minimum atomic E-state index is 0.665. The average molecular weight is 169 g/mol. The SMILES string of the molecule is COc1cc(CS)ccc1N. The Balaban J connectivity index is 3.02. The van der Waals surface area contributed by atoms with Crippen molar-refractivity contribution in [3.8, 4) is 5.75 Å². The summed E-state index contributed by atoms with van der Waals surface area (Å²) in [5, 5.41) is 0.